The molecule has 7 rings (SSSR count). The van der Waals surface area contributed by atoms with E-state index in [1.165, 1.54) is 27.6 Å². The number of halogens is 1. The maximum atomic E-state index is 6.26. The van der Waals surface area contributed by atoms with Gasteiger partial charge in [0, 0.05) is 68.3 Å². The molecule has 2 aliphatic heterocycles. The Morgan fingerprint density at radius 3 is 2.02 bits per heavy atom. The zero-order valence-electron chi connectivity index (χ0n) is 25.6. The molecule has 1 aromatic heterocycles. The maximum absolute atomic E-state index is 6.26. The van der Waals surface area contributed by atoms with E-state index in [1.54, 1.807) is 0 Å². The number of benzene rings is 3. The number of hydrogen-bond donors (Lipinski definition) is 0. The van der Waals surface area contributed by atoms with Crippen LogP contribution in [0, 0.1) is 6.92 Å². The van der Waals surface area contributed by atoms with Crippen molar-refractivity contribution in [3.05, 3.63) is 117 Å². The van der Waals surface area contributed by atoms with E-state index >= 15 is 0 Å². The Kier molecular flexibility index (Phi) is 8.65. The van der Waals surface area contributed by atoms with Gasteiger partial charge in [0.2, 0.25) is 0 Å². The largest absolute Gasteiger partial charge is 0.368 e. The van der Waals surface area contributed by atoms with Crippen molar-refractivity contribution in [2.24, 2.45) is 0 Å². The third-order valence-electron chi connectivity index (χ3n) is 9.27. The summed E-state index contributed by atoms with van der Waals surface area (Å²) in [5.74, 6) is 2.06. The van der Waals surface area contributed by atoms with Gasteiger partial charge in [-0.05, 0) is 55.2 Å². The molecule has 0 spiro atoms. The molecule has 0 saturated carbocycles. The zero-order valence-corrected chi connectivity index (χ0v) is 26.3. The summed E-state index contributed by atoms with van der Waals surface area (Å²) in [6.45, 7) is 10.8. The van der Waals surface area contributed by atoms with Gasteiger partial charge in [0.25, 0.3) is 0 Å². The number of piperazine rings is 2. The number of fused-ring (bicyclic) bond motifs is 1. The van der Waals surface area contributed by atoms with Gasteiger partial charge < -0.3 is 9.80 Å². The fourth-order valence-electron chi connectivity index (χ4n) is 6.84. The quantitative estimate of drug-likeness (QED) is 0.295. The van der Waals surface area contributed by atoms with Crippen LogP contribution in [0.15, 0.2) is 78.9 Å². The number of aryl methyl sites for hydroxylation is 1. The molecule has 1 unspecified atom stereocenters. The van der Waals surface area contributed by atoms with Crippen LogP contribution < -0.4 is 20.4 Å². The number of anilines is 2. The van der Waals surface area contributed by atoms with Gasteiger partial charge in [-0.1, -0.05) is 83.9 Å². The van der Waals surface area contributed by atoms with Crippen LogP contribution in [0.1, 0.15) is 41.4 Å². The van der Waals surface area contributed by atoms with Crippen LogP contribution in [0.2, 0.25) is 5.02 Å². The van der Waals surface area contributed by atoms with Crippen molar-refractivity contribution in [2.75, 3.05) is 62.2 Å². The molecule has 0 N–H and O–H groups in total. The predicted molar refractivity (Wildman–Crippen MR) is 182 cm³/mol. The third kappa shape index (κ3) is 6.39. The Labute approximate surface area is 265 Å². The monoisotopic (exact) mass is 604 g/mol. The number of rotatable bonds is 7. The van der Waals surface area contributed by atoms with Crippen molar-refractivity contribution < 1.29 is 0 Å². The summed E-state index contributed by atoms with van der Waals surface area (Å²) in [4.78, 5) is 20.4. The minimum Gasteiger partial charge on any atom is -0.368 e. The third-order valence-corrected chi connectivity index (χ3v) is 9.52. The second-order valence-corrected chi connectivity index (χ2v) is 12.7. The smallest absolute Gasteiger partial charge is 0.145 e. The molecule has 6 nitrogen and oxygen atoms in total. The Bertz CT molecular complexity index is 1630. The summed E-state index contributed by atoms with van der Waals surface area (Å²) >= 11 is 6.26. The highest BCUT2D eigenvalue weighted by atomic mass is 35.5. The van der Waals surface area contributed by atoms with Gasteiger partial charge in [0.15, 0.2) is 0 Å². The first-order valence-electron chi connectivity index (χ1n) is 16.0. The highest BCUT2D eigenvalue weighted by molar-refractivity contribution is 6.30. The molecule has 1 atom stereocenters. The van der Waals surface area contributed by atoms with Gasteiger partial charge in [0.05, 0.1) is 17.9 Å². The van der Waals surface area contributed by atoms with E-state index in [0.717, 1.165) is 93.8 Å². The SMILES string of the molecule is Cc1ccc(C(c2ccc(Cl)cc2)N2CCN(Cc3nc(N4CCN(c5ccccc5)CC4)c4c(n3)=CCCC=4)CC2)cc1. The lowest BCUT2D eigenvalue weighted by molar-refractivity contribution is 0.103. The Morgan fingerprint density at radius 1 is 0.682 bits per heavy atom. The number of hydrogen-bond acceptors (Lipinski definition) is 6. The van der Waals surface area contributed by atoms with Gasteiger partial charge in [-0.15, -0.1) is 0 Å². The first-order chi connectivity index (χ1) is 21.6. The van der Waals surface area contributed by atoms with Crippen molar-refractivity contribution in [2.45, 2.75) is 32.4 Å². The van der Waals surface area contributed by atoms with Crippen LogP contribution >= 0.6 is 11.6 Å². The maximum Gasteiger partial charge on any atom is 0.145 e. The van der Waals surface area contributed by atoms with E-state index in [1.807, 2.05) is 12.1 Å². The van der Waals surface area contributed by atoms with Gasteiger partial charge in [-0.3, -0.25) is 9.80 Å². The highest BCUT2D eigenvalue weighted by Crippen LogP contribution is 2.31. The average molecular weight is 605 g/mol. The lowest BCUT2D eigenvalue weighted by Gasteiger charge is -2.40. The van der Waals surface area contributed by atoms with E-state index in [0.29, 0.717) is 0 Å². The van der Waals surface area contributed by atoms with Crippen LogP contribution in [0.3, 0.4) is 0 Å². The second kappa shape index (κ2) is 13.1. The summed E-state index contributed by atoms with van der Waals surface area (Å²) in [6.07, 6.45) is 6.76. The first-order valence-corrected chi connectivity index (χ1v) is 16.4. The Hall–Kier alpha value is -3.71. The lowest BCUT2D eigenvalue weighted by atomic mass is 9.95. The van der Waals surface area contributed by atoms with Crippen LogP contribution in [-0.4, -0.2) is 72.1 Å². The molecule has 3 aliphatic rings. The molecule has 226 valence electrons. The molecule has 4 aromatic rings. The van der Waals surface area contributed by atoms with Crippen LogP contribution in [0.5, 0.6) is 0 Å². The molecule has 2 saturated heterocycles. The second-order valence-electron chi connectivity index (χ2n) is 12.2. The van der Waals surface area contributed by atoms with Gasteiger partial charge >= 0.3 is 0 Å². The molecule has 3 heterocycles. The van der Waals surface area contributed by atoms with Gasteiger partial charge in [0.1, 0.15) is 11.6 Å². The first kappa shape index (κ1) is 29.0. The predicted octanol–water partition coefficient (Wildman–Crippen LogP) is 5.03. The minimum absolute atomic E-state index is 0.210. The summed E-state index contributed by atoms with van der Waals surface area (Å²) < 4.78 is 0. The highest BCUT2D eigenvalue weighted by Gasteiger charge is 2.27. The lowest BCUT2D eigenvalue weighted by Crippen LogP contribution is -2.51. The van der Waals surface area contributed by atoms with Crippen LogP contribution in [-0.2, 0) is 6.54 Å². The molecule has 3 aromatic carbocycles. The molecule has 0 amide bonds. The van der Waals surface area contributed by atoms with Crippen molar-refractivity contribution in [1.29, 1.82) is 0 Å². The summed E-state index contributed by atoms with van der Waals surface area (Å²) in [5.41, 5.74) is 5.20. The molecule has 1 aliphatic carbocycles. The van der Waals surface area contributed by atoms with E-state index in [2.05, 4.69) is 105 Å². The Morgan fingerprint density at radius 2 is 1.32 bits per heavy atom. The molecule has 44 heavy (non-hydrogen) atoms. The molecule has 7 heteroatoms. The van der Waals surface area contributed by atoms with Gasteiger partial charge in [-0.2, -0.15) is 0 Å². The van der Waals surface area contributed by atoms with E-state index < -0.39 is 0 Å². The normalized spacial score (nSPS) is 18.3. The van der Waals surface area contributed by atoms with Crippen LogP contribution in [0.25, 0.3) is 12.2 Å². The number of nitrogens with zero attached hydrogens (tertiary/aromatic N) is 6. The number of para-hydroxylation sites is 1. The molecule has 2 fully saturated rings. The van der Waals surface area contributed by atoms with E-state index in [4.69, 9.17) is 21.6 Å². The minimum atomic E-state index is 0.210. The zero-order chi connectivity index (χ0) is 29.9. The fourth-order valence-corrected chi connectivity index (χ4v) is 6.96. The van der Waals surface area contributed by atoms with Crippen LogP contribution in [0.4, 0.5) is 11.5 Å². The molecule has 0 bridgehead atoms. The van der Waals surface area contributed by atoms with Crippen molar-refractivity contribution >= 4 is 35.3 Å². The number of aromatic nitrogens is 2. The molecular formula is C37H41ClN6. The Balaban J connectivity index is 1.06. The summed E-state index contributed by atoms with van der Waals surface area (Å²) in [7, 11) is 0. The standard InChI is InChI=1S/C37H41ClN6/c1-28-11-13-29(14-12-28)36(30-15-17-31(38)18-16-30)43-21-19-41(20-22-43)27-35-39-34-10-6-5-9-33(34)37(40-35)44-25-23-42(24-26-44)32-7-3-2-4-8-32/h2-4,7-18,36H,5-6,19-27H2,1H3. The van der Waals surface area contributed by atoms with Crippen molar-refractivity contribution in [3.63, 3.8) is 0 Å². The van der Waals surface area contributed by atoms with Crippen molar-refractivity contribution in [1.82, 2.24) is 19.8 Å². The van der Waals surface area contributed by atoms with E-state index in [-0.39, 0.29) is 6.04 Å². The van der Waals surface area contributed by atoms with Crippen molar-refractivity contribution in [3.8, 4) is 0 Å². The average Bonchev–Trinajstić information content (AvgIpc) is 3.07. The molecule has 0 radical (unpaired) electrons. The molecular weight excluding hydrogens is 564 g/mol. The summed E-state index contributed by atoms with van der Waals surface area (Å²) in [5, 5.41) is 3.11. The summed E-state index contributed by atoms with van der Waals surface area (Å²) in [6, 6.07) is 28.3. The van der Waals surface area contributed by atoms with E-state index in [9.17, 15) is 0 Å². The van der Waals surface area contributed by atoms with Gasteiger partial charge in [-0.25, -0.2) is 9.97 Å². The topological polar surface area (TPSA) is 38.7 Å². The fraction of sp³-hybridized carbons (Fsp3) is 0.351.